The second-order valence-electron chi connectivity index (χ2n) is 6.48. The minimum Gasteiger partial charge on any atom is -0.489 e. The maximum Gasteiger partial charge on any atom is 0.191 e. The SMILES string of the molecule is CCNC(=NCC(C)Oc1cccc(F)c1)NCCc1cn2ccccc2n1. The summed E-state index contributed by atoms with van der Waals surface area (Å²) < 4.78 is 21.0. The minimum absolute atomic E-state index is 0.171. The fourth-order valence-corrected chi connectivity index (χ4v) is 2.79. The van der Waals surface area contributed by atoms with Gasteiger partial charge >= 0.3 is 0 Å². The summed E-state index contributed by atoms with van der Waals surface area (Å²) in [7, 11) is 0. The molecule has 1 atom stereocenters. The summed E-state index contributed by atoms with van der Waals surface area (Å²) in [4.78, 5) is 9.15. The number of aliphatic imine (C=N–C) groups is 1. The van der Waals surface area contributed by atoms with E-state index in [4.69, 9.17) is 4.74 Å². The summed E-state index contributed by atoms with van der Waals surface area (Å²) in [6, 6.07) is 12.1. The van der Waals surface area contributed by atoms with Crippen LogP contribution in [0.25, 0.3) is 5.65 Å². The van der Waals surface area contributed by atoms with E-state index in [-0.39, 0.29) is 11.9 Å². The van der Waals surface area contributed by atoms with Gasteiger partial charge in [-0.15, -0.1) is 0 Å². The predicted octanol–water partition coefficient (Wildman–Crippen LogP) is 3.04. The molecule has 1 unspecified atom stereocenters. The third-order valence-corrected chi connectivity index (χ3v) is 4.07. The Labute approximate surface area is 164 Å². The normalized spacial score (nSPS) is 12.8. The average molecular weight is 383 g/mol. The molecule has 6 nitrogen and oxygen atoms in total. The van der Waals surface area contributed by atoms with Crippen LogP contribution in [-0.4, -0.2) is 41.1 Å². The van der Waals surface area contributed by atoms with Crippen molar-refractivity contribution < 1.29 is 9.13 Å². The number of nitrogens with one attached hydrogen (secondary N) is 2. The van der Waals surface area contributed by atoms with E-state index in [0.717, 1.165) is 36.8 Å². The van der Waals surface area contributed by atoms with E-state index in [9.17, 15) is 4.39 Å². The summed E-state index contributed by atoms with van der Waals surface area (Å²) in [5, 5.41) is 6.54. The van der Waals surface area contributed by atoms with Gasteiger partial charge in [-0.1, -0.05) is 12.1 Å². The molecule has 0 fully saturated rings. The topological polar surface area (TPSA) is 63.0 Å². The van der Waals surface area contributed by atoms with Crippen molar-refractivity contribution in [1.29, 1.82) is 0 Å². The zero-order valence-electron chi connectivity index (χ0n) is 16.2. The lowest BCUT2D eigenvalue weighted by Crippen LogP contribution is -2.39. The number of imidazole rings is 1. The molecule has 3 rings (SSSR count). The molecule has 0 aliphatic rings. The van der Waals surface area contributed by atoms with E-state index in [1.807, 2.05) is 48.8 Å². The molecular weight excluding hydrogens is 357 g/mol. The van der Waals surface area contributed by atoms with Crippen LogP contribution in [0.3, 0.4) is 0 Å². The molecule has 0 amide bonds. The fourth-order valence-electron chi connectivity index (χ4n) is 2.79. The summed E-state index contributed by atoms with van der Waals surface area (Å²) in [5.41, 5.74) is 1.97. The first-order valence-electron chi connectivity index (χ1n) is 9.51. The van der Waals surface area contributed by atoms with Crippen molar-refractivity contribution in [2.24, 2.45) is 4.99 Å². The van der Waals surface area contributed by atoms with Gasteiger partial charge in [0.15, 0.2) is 5.96 Å². The van der Waals surface area contributed by atoms with E-state index in [2.05, 4.69) is 20.6 Å². The first-order valence-corrected chi connectivity index (χ1v) is 9.51. The highest BCUT2D eigenvalue weighted by molar-refractivity contribution is 5.79. The molecular formula is C21H26FN5O. The number of nitrogens with zero attached hydrogens (tertiary/aromatic N) is 3. The first-order chi connectivity index (χ1) is 13.6. The highest BCUT2D eigenvalue weighted by atomic mass is 19.1. The molecule has 148 valence electrons. The Bertz CT molecular complexity index is 891. The summed E-state index contributed by atoms with van der Waals surface area (Å²) in [5.74, 6) is 0.920. The van der Waals surface area contributed by atoms with Gasteiger partial charge in [0, 0.05) is 38.0 Å². The van der Waals surface area contributed by atoms with E-state index >= 15 is 0 Å². The number of rotatable bonds is 8. The maximum absolute atomic E-state index is 13.2. The van der Waals surface area contributed by atoms with Crippen molar-refractivity contribution in [3.05, 3.63) is 66.4 Å². The van der Waals surface area contributed by atoms with Gasteiger partial charge in [0.2, 0.25) is 0 Å². The van der Waals surface area contributed by atoms with Crippen LogP contribution in [0, 0.1) is 5.82 Å². The number of hydrogen-bond donors (Lipinski definition) is 2. The number of ether oxygens (including phenoxy) is 1. The van der Waals surface area contributed by atoms with Crippen LogP contribution in [0.5, 0.6) is 5.75 Å². The van der Waals surface area contributed by atoms with E-state index in [0.29, 0.717) is 12.3 Å². The summed E-state index contributed by atoms with van der Waals surface area (Å²) in [6.07, 6.45) is 4.65. The van der Waals surface area contributed by atoms with Crippen LogP contribution < -0.4 is 15.4 Å². The summed E-state index contributed by atoms with van der Waals surface area (Å²) >= 11 is 0. The molecule has 0 saturated heterocycles. The Morgan fingerprint density at radius 3 is 2.93 bits per heavy atom. The zero-order chi connectivity index (χ0) is 19.8. The second kappa shape index (κ2) is 9.73. The van der Waals surface area contributed by atoms with Gasteiger partial charge in [-0.2, -0.15) is 0 Å². The van der Waals surface area contributed by atoms with Crippen LogP contribution in [-0.2, 0) is 6.42 Å². The quantitative estimate of drug-likeness (QED) is 0.464. The van der Waals surface area contributed by atoms with E-state index in [1.165, 1.54) is 12.1 Å². The number of pyridine rings is 1. The Morgan fingerprint density at radius 1 is 1.25 bits per heavy atom. The van der Waals surface area contributed by atoms with Gasteiger partial charge in [-0.3, -0.25) is 0 Å². The van der Waals surface area contributed by atoms with Gasteiger partial charge in [0.05, 0.1) is 12.2 Å². The van der Waals surface area contributed by atoms with Crippen LogP contribution >= 0.6 is 0 Å². The third-order valence-electron chi connectivity index (χ3n) is 4.07. The van der Waals surface area contributed by atoms with Crippen molar-refractivity contribution in [1.82, 2.24) is 20.0 Å². The van der Waals surface area contributed by atoms with Crippen LogP contribution in [0.4, 0.5) is 4.39 Å². The Hall–Kier alpha value is -3.09. The number of benzene rings is 1. The lowest BCUT2D eigenvalue weighted by atomic mass is 10.3. The molecule has 2 heterocycles. The smallest absolute Gasteiger partial charge is 0.191 e. The Balaban J connectivity index is 1.50. The standard InChI is InChI=1S/C21H26FN5O/c1-3-23-21(25-14-16(2)28-19-8-6-7-17(22)13-19)24-11-10-18-15-27-12-5-4-9-20(27)26-18/h4-9,12-13,15-16H,3,10-11,14H2,1-2H3,(H2,23,24,25). The van der Waals surface area contributed by atoms with Crippen LogP contribution in [0.15, 0.2) is 59.9 Å². The lowest BCUT2D eigenvalue weighted by molar-refractivity contribution is 0.229. The molecule has 0 spiro atoms. The van der Waals surface area contributed by atoms with Gasteiger partial charge < -0.3 is 19.8 Å². The van der Waals surface area contributed by atoms with Gasteiger partial charge in [0.1, 0.15) is 23.3 Å². The van der Waals surface area contributed by atoms with Crippen molar-refractivity contribution >= 4 is 11.6 Å². The highest BCUT2D eigenvalue weighted by Gasteiger charge is 2.06. The third kappa shape index (κ3) is 5.70. The monoisotopic (exact) mass is 383 g/mol. The number of hydrogen-bond acceptors (Lipinski definition) is 3. The van der Waals surface area contributed by atoms with Crippen molar-refractivity contribution in [2.75, 3.05) is 19.6 Å². The van der Waals surface area contributed by atoms with Crippen molar-refractivity contribution in [3.8, 4) is 5.75 Å². The molecule has 2 N–H and O–H groups in total. The highest BCUT2D eigenvalue weighted by Crippen LogP contribution is 2.13. The number of fused-ring (bicyclic) bond motifs is 1. The Morgan fingerprint density at radius 2 is 2.14 bits per heavy atom. The van der Waals surface area contributed by atoms with E-state index in [1.54, 1.807) is 12.1 Å². The molecule has 0 aliphatic carbocycles. The molecule has 7 heteroatoms. The fraction of sp³-hybridized carbons (Fsp3) is 0.333. The summed E-state index contributed by atoms with van der Waals surface area (Å²) in [6.45, 7) is 5.87. The largest absolute Gasteiger partial charge is 0.489 e. The van der Waals surface area contributed by atoms with E-state index < -0.39 is 0 Å². The Kier molecular flexibility index (Phi) is 6.84. The van der Waals surface area contributed by atoms with Crippen molar-refractivity contribution in [2.45, 2.75) is 26.4 Å². The molecule has 0 radical (unpaired) electrons. The van der Waals surface area contributed by atoms with Gasteiger partial charge in [-0.25, -0.2) is 14.4 Å². The number of halogens is 1. The molecule has 0 aliphatic heterocycles. The van der Waals surface area contributed by atoms with Gasteiger partial charge in [-0.05, 0) is 38.1 Å². The molecule has 0 bridgehead atoms. The van der Waals surface area contributed by atoms with Gasteiger partial charge in [0.25, 0.3) is 0 Å². The van der Waals surface area contributed by atoms with Crippen LogP contribution in [0.1, 0.15) is 19.5 Å². The second-order valence-corrected chi connectivity index (χ2v) is 6.48. The zero-order valence-corrected chi connectivity index (χ0v) is 16.2. The van der Waals surface area contributed by atoms with Crippen molar-refractivity contribution in [3.63, 3.8) is 0 Å². The number of guanidine groups is 1. The molecule has 28 heavy (non-hydrogen) atoms. The predicted molar refractivity (Wildman–Crippen MR) is 109 cm³/mol. The first kappa shape index (κ1) is 19.7. The molecule has 2 aromatic heterocycles. The molecule has 3 aromatic rings. The molecule has 1 aromatic carbocycles. The lowest BCUT2D eigenvalue weighted by Gasteiger charge is -2.15. The molecule has 0 saturated carbocycles. The minimum atomic E-state index is -0.310. The average Bonchev–Trinajstić information content (AvgIpc) is 3.09. The number of aromatic nitrogens is 2. The maximum atomic E-state index is 13.2. The van der Waals surface area contributed by atoms with Crippen LogP contribution in [0.2, 0.25) is 0 Å².